The number of benzene rings is 1. The average molecular weight is 271 g/mol. The molecule has 0 aliphatic heterocycles. The molecule has 1 aromatic rings. The van der Waals surface area contributed by atoms with Gasteiger partial charge in [-0.25, -0.2) is 0 Å². The van der Waals surface area contributed by atoms with Crippen LogP contribution in [0.25, 0.3) is 0 Å². The van der Waals surface area contributed by atoms with Crippen LogP contribution in [0.5, 0.6) is 0 Å². The molecular weight excluding hydrogens is 258 g/mol. The molecule has 0 fully saturated rings. The van der Waals surface area contributed by atoms with E-state index in [4.69, 9.17) is 0 Å². The molecule has 1 nitrogen and oxygen atoms in total. The Morgan fingerprint density at radius 1 is 1.25 bits per heavy atom. The normalized spacial score (nSPS) is 10.2. The first kappa shape index (κ1) is 9.79. The second kappa shape index (κ2) is 4.67. The molecule has 1 aromatic carbocycles. The molecule has 0 aliphatic carbocycles. The topological polar surface area (TPSA) is 17.1 Å². The number of carbonyl (C=O) groups excluding carboxylic acids is 1. The molecule has 0 radical (unpaired) electrons. The standard InChI is InChI=1S/C8H7O.2CH3.Sb/c1-7(9)8-5-3-2-4-6-8;;;/h2-6H,1H2;2*1H3;. The first-order valence-electron chi connectivity index (χ1n) is 3.93. The average Bonchev–Trinajstić information content (AvgIpc) is 2.05. The van der Waals surface area contributed by atoms with Crippen molar-refractivity contribution in [3.05, 3.63) is 35.9 Å². The van der Waals surface area contributed by atoms with E-state index in [9.17, 15) is 4.79 Å². The van der Waals surface area contributed by atoms with Crippen LogP contribution in [0.2, 0.25) is 14.1 Å². The van der Waals surface area contributed by atoms with Crippen molar-refractivity contribution in [1.82, 2.24) is 0 Å². The Bertz CT molecular complexity index is 254. The molecule has 2 heteroatoms. The van der Waals surface area contributed by atoms with Crippen molar-refractivity contribution in [2.45, 2.75) is 14.1 Å². The van der Waals surface area contributed by atoms with Gasteiger partial charge in [-0.1, -0.05) is 0 Å². The number of hydrogen-bond acceptors (Lipinski definition) is 1. The summed E-state index contributed by atoms with van der Waals surface area (Å²) in [7, 11) is 0. The third-order valence-corrected chi connectivity index (χ3v) is 4.18. The zero-order valence-electron chi connectivity index (χ0n) is 7.45. The van der Waals surface area contributed by atoms with E-state index in [1.807, 2.05) is 30.3 Å². The van der Waals surface area contributed by atoms with Crippen LogP contribution in [0.15, 0.2) is 30.3 Å². The zero-order valence-corrected chi connectivity index (χ0v) is 10.0. The van der Waals surface area contributed by atoms with E-state index in [0.717, 1.165) is 9.93 Å². The second-order valence-corrected chi connectivity index (χ2v) is 10.1. The molecule has 0 atom stereocenters. The number of carbonyl (C=O) groups is 1. The Hall–Kier alpha value is -0.292. The van der Waals surface area contributed by atoms with Crippen LogP contribution >= 0.6 is 0 Å². The molecule has 1 rings (SSSR count). The van der Waals surface area contributed by atoms with Gasteiger partial charge in [0.2, 0.25) is 0 Å². The molecule has 0 aromatic heterocycles. The van der Waals surface area contributed by atoms with Crippen LogP contribution < -0.4 is 0 Å². The van der Waals surface area contributed by atoms with Crippen molar-refractivity contribution in [3.8, 4) is 0 Å². The van der Waals surface area contributed by atoms with E-state index >= 15 is 0 Å². The molecule has 0 N–H and O–H groups in total. The van der Waals surface area contributed by atoms with Gasteiger partial charge >= 0.3 is 80.8 Å². The summed E-state index contributed by atoms with van der Waals surface area (Å²) in [4.78, 5) is 16.0. The van der Waals surface area contributed by atoms with E-state index in [1.54, 1.807) is 0 Å². The molecule has 12 heavy (non-hydrogen) atoms. The minimum absolute atomic E-state index is 0.323. The summed E-state index contributed by atoms with van der Waals surface area (Å²) in [5.41, 5.74) is 0.871. The molecule has 0 saturated heterocycles. The van der Waals surface area contributed by atoms with E-state index < -0.39 is 20.2 Å². The summed E-state index contributed by atoms with van der Waals surface area (Å²) < 4.78 is 0.826. The van der Waals surface area contributed by atoms with Gasteiger partial charge in [0, 0.05) is 0 Å². The van der Waals surface area contributed by atoms with E-state index in [0.29, 0.717) is 5.78 Å². The van der Waals surface area contributed by atoms with Crippen LogP contribution in [-0.2, 0) is 0 Å². The maximum atomic E-state index is 11.5. The number of ketones is 1. The van der Waals surface area contributed by atoms with Crippen molar-refractivity contribution >= 4 is 26.0 Å². The summed E-state index contributed by atoms with van der Waals surface area (Å²) in [5, 5.41) is 0. The van der Waals surface area contributed by atoms with E-state index in [1.165, 1.54) is 0 Å². The molecule has 0 amide bonds. The maximum absolute atomic E-state index is 11.5. The molecule has 0 bridgehead atoms. The van der Waals surface area contributed by atoms with Gasteiger partial charge < -0.3 is 0 Å². The van der Waals surface area contributed by atoms with Crippen molar-refractivity contribution in [2.75, 3.05) is 0 Å². The van der Waals surface area contributed by atoms with Crippen molar-refractivity contribution in [3.63, 3.8) is 0 Å². The first-order chi connectivity index (χ1) is 5.70. The second-order valence-electron chi connectivity index (χ2n) is 3.03. The molecule has 0 saturated carbocycles. The van der Waals surface area contributed by atoms with Crippen LogP contribution in [0.1, 0.15) is 10.4 Å². The number of Topliss-reactive ketones (excluding diaryl/α,β-unsaturated/α-hetero) is 1. The van der Waals surface area contributed by atoms with Gasteiger partial charge in [-0.15, -0.1) is 0 Å². The SMILES string of the molecule is [CH3][Sb]([CH3])[CH2]C(=O)c1ccccc1. The van der Waals surface area contributed by atoms with Gasteiger partial charge in [-0.2, -0.15) is 0 Å². The Balaban J connectivity index is 2.66. The van der Waals surface area contributed by atoms with Gasteiger partial charge in [0.25, 0.3) is 0 Å². The van der Waals surface area contributed by atoms with Crippen LogP contribution in [-0.4, -0.2) is 26.0 Å². The summed E-state index contributed by atoms with van der Waals surface area (Å²) in [6, 6.07) is 9.56. The fourth-order valence-electron chi connectivity index (χ4n) is 1.00. The van der Waals surface area contributed by atoms with Crippen molar-refractivity contribution in [1.29, 1.82) is 0 Å². The van der Waals surface area contributed by atoms with Gasteiger partial charge in [-0.3, -0.25) is 0 Å². The van der Waals surface area contributed by atoms with Crippen LogP contribution in [0, 0.1) is 0 Å². The molecule has 0 unspecified atom stereocenters. The van der Waals surface area contributed by atoms with Crippen LogP contribution in [0.4, 0.5) is 0 Å². The summed E-state index contributed by atoms with van der Waals surface area (Å²) in [5.74, 6) is 0.323. The summed E-state index contributed by atoms with van der Waals surface area (Å²) >= 11 is -1.13. The van der Waals surface area contributed by atoms with E-state index in [2.05, 4.69) is 9.74 Å². The van der Waals surface area contributed by atoms with Gasteiger partial charge in [0.1, 0.15) is 0 Å². The van der Waals surface area contributed by atoms with Crippen molar-refractivity contribution in [2.24, 2.45) is 0 Å². The molecule has 0 heterocycles. The first-order valence-corrected chi connectivity index (χ1v) is 10.8. The Kier molecular flexibility index (Phi) is 3.81. The zero-order chi connectivity index (χ0) is 8.97. The van der Waals surface area contributed by atoms with Crippen molar-refractivity contribution < 1.29 is 4.79 Å². The molecule has 0 aliphatic rings. The number of rotatable bonds is 3. The Labute approximate surface area is 80.7 Å². The van der Waals surface area contributed by atoms with Crippen LogP contribution in [0.3, 0.4) is 0 Å². The number of hydrogen-bond donors (Lipinski definition) is 0. The summed E-state index contributed by atoms with van der Waals surface area (Å²) in [6.45, 7) is 0. The monoisotopic (exact) mass is 270 g/mol. The third-order valence-electron chi connectivity index (χ3n) is 1.56. The fourth-order valence-corrected chi connectivity index (χ4v) is 3.16. The molecular formula is C10H13OSb. The third kappa shape index (κ3) is 2.98. The van der Waals surface area contributed by atoms with Gasteiger partial charge in [-0.05, 0) is 0 Å². The summed E-state index contributed by atoms with van der Waals surface area (Å²) in [6.07, 6.45) is 0. The Morgan fingerprint density at radius 2 is 1.83 bits per heavy atom. The molecule has 64 valence electrons. The van der Waals surface area contributed by atoms with Gasteiger partial charge in [0.05, 0.1) is 0 Å². The predicted molar refractivity (Wildman–Crippen MR) is 53.1 cm³/mol. The predicted octanol–water partition coefficient (Wildman–Crippen LogP) is 2.62. The van der Waals surface area contributed by atoms with Gasteiger partial charge in [0.15, 0.2) is 0 Å². The quantitative estimate of drug-likeness (QED) is 0.610. The fraction of sp³-hybridized carbons (Fsp3) is 0.300. The van der Waals surface area contributed by atoms with E-state index in [-0.39, 0.29) is 0 Å². The minimum atomic E-state index is -1.13. The molecule has 0 spiro atoms. The Morgan fingerprint density at radius 3 is 2.33 bits per heavy atom.